The number of benzene rings is 2. The number of hydrogen-bond donors (Lipinski definition) is 1. The average molecular weight is 414 g/mol. The van der Waals surface area contributed by atoms with Gasteiger partial charge in [0.1, 0.15) is 9.96 Å². The van der Waals surface area contributed by atoms with E-state index in [1.54, 1.807) is 42.8 Å². The highest BCUT2D eigenvalue weighted by Crippen LogP contribution is 2.20. The molecule has 2 aromatic carbocycles. The van der Waals surface area contributed by atoms with E-state index in [1.807, 2.05) is 0 Å². The van der Waals surface area contributed by atoms with Crippen molar-refractivity contribution in [1.29, 1.82) is 0 Å². The van der Waals surface area contributed by atoms with Crippen LogP contribution in [0.15, 0.2) is 80.5 Å². The number of hydrogen-bond acceptors (Lipinski definition) is 7. The average Bonchev–Trinajstić information content (AvgIpc) is 3.25. The molecular weight excluding hydrogens is 398 g/mol. The molecule has 0 atom stereocenters. The van der Waals surface area contributed by atoms with Crippen molar-refractivity contribution in [2.24, 2.45) is 10.2 Å². The Balaban J connectivity index is 1.66. The van der Waals surface area contributed by atoms with Gasteiger partial charge in [0.15, 0.2) is 0 Å². The molecule has 0 radical (unpaired) electrons. The van der Waals surface area contributed by atoms with Crippen molar-refractivity contribution < 1.29 is 18.3 Å². The van der Waals surface area contributed by atoms with Crippen LogP contribution in [0.3, 0.4) is 0 Å². The third-order valence-corrected chi connectivity index (χ3v) is 6.39. The van der Waals surface area contributed by atoms with Crippen molar-refractivity contribution in [2.75, 3.05) is 11.8 Å². The van der Waals surface area contributed by atoms with Crippen LogP contribution in [0.25, 0.3) is 0 Å². The van der Waals surface area contributed by atoms with Crippen LogP contribution in [0, 0.1) is 0 Å². The first-order chi connectivity index (χ1) is 13.5. The number of methoxy groups -OCH3 is 1. The van der Waals surface area contributed by atoms with Gasteiger partial charge in [-0.1, -0.05) is 18.2 Å². The van der Waals surface area contributed by atoms with Crippen LogP contribution in [0.2, 0.25) is 0 Å². The fourth-order valence-electron chi connectivity index (χ4n) is 2.20. The summed E-state index contributed by atoms with van der Waals surface area (Å²) in [6, 6.07) is 16.3. The second kappa shape index (κ2) is 8.68. The molecule has 0 bridgehead atoms. The number of thiophene rings is 1. The summed E-state index contributed by atoms with van der Waals surface area (Å²) in [7, 11) is -2.05. The summed E-state index contributed by atoms with van der Waals surface area (Å²) in [4.78, 5) is 0. The number of ether oxygens (including phenoxy) is 1. The molecule has 144 valence electrons. The summed E-state index contributed by atoms with van der Waals surface area (Å²) in [6.07, 6.45) is 1.46. The lowest BCUT2D eigenvalue weighted by molar-refractivity contribution is -0.213. The quantitative estimate of drug-likeness (QED) is 0.365. The second-order valence-electron chi connectivity index (χ2n) is 5.54. The maximum atomic E-state index is 12.2. The molecule has 0 fully saturated rings. The van der Waals surface area contributed by atoms with Gasteiger partial charge in [-0.25, -0.2) is 8.42 Å². The molecule has 3 aromatic rings. The maximum absolute atomic E-state index is 12.2. The summed E-state index contributed by atoms with van der Waals surface area (Å²) in [5.74, 6) is 0.192. The molecule has 28 heavy (non-hydrogen) atoms. The zero-order valence-electron chi connectivity index (χ0n) is 14.8. The first-order valence-electron chi connectivity index (χ1n) is 8.07. The lowest BCUT2D eigenvalue weighted by atomic mass is 10.2. The van der Waals surface area contributed by atoms with E-state index in [2.05, 4.69) is 14.9 Å². The first kappa shape index (κ1) is 19.6. The minimum atomic E-state index is -3.63. The Labute approximate surface area is 166 Å². The highest BCUT2D eigenvalue weighted by Gasteiger charge is 2.14. The predicted molar refractivity (Wildman–Crippen MR) is 109 cm³/mol. The molecule has 0 aliphatic heterocycles. The Hall–Kier alpha value is -3.17. The fourth-order valence-corrected chi connectivity index (χ4v) is 4.25. The van der Waals surface area contributed by atoms with Crippen molar-refractivity contribution in [1.82, 2.24) is 0 Å². The van der Waals surface area contributed by atoms with Gasteiger partial charge in [-0.3, -0.25) is 4.72 Å². The van der Waals surface area contributed by atoms with Gasteiger partial charge in [-0.2, -0.15) is 10.2 Å². The highest BCUT2D eigenvalue weighted by molar-refractivity contribution is 7.94. The van der Waals surface area contributed by atoms with Gasteiger partial charge in [0.2, 0.25) is 0 Å². The smallest absolute Gasteiger partial charge is 0.271 e. The third kappa shape index (κ3) is 4.96. The summed E-state index contributed by atoms with van der Waals surface area (Å²) in [5, 5.41) is 21.2. The van der Waals surface area contributed by atoms with E-state index in [0.29, 0.717) is 11.3 Å². The maximum Gasteiger partial charge on any atom is 0.271 e. The second-order valence-corrected chi connectivity index (χ2v) is 8.39. The lowest BCUT2D eigenvalue weighted by Gasteiger charge is -2.10. The normalized spacial score (nSPS) is 12.2. The van der Waals surface area contributed by atoms with E-state index < -0.39 is 15.9 Å². The summed E-state index contributed by atoms with van der Waals surface area (Å²) in [5.41, 5.74) is 1.42. The molecule has 1 N–H and O–H groups in total. The van der Waals surface area contributed by atoms with Crippen LogP contribution in [0.1, 0.15) is 11.1 Å². The molecule has 0 saturated heterocycles. The Kier molecular flexibility index (Phi) is 6.07. The van der Waals surface area contributed by atoms with Crippen molar-refractivity contribution in [3.8, 4) is 5.75 Å². The van der Waals surface area contributed by atoms with Gasteiger partial charge in [-0.15, -0.1) is 11.3 Å². The van der Waals surface area contributed by atoms with Crippen LogP contribution in [-0.2, 0) is 10.0 Å². The minimum absolute atomic E-state index is 0.218. The van der Waals surface area contributed by atoms with Crippen molar-refractivity contribution >= 4 is 39.2 Å². The summed E-state index contributed by atoms with van der Waals surface area (Å²) in [6.45, 7) is 0. The van der Waals surface area contributed by atoms with E-state index in [0.717, 1.165) is 22.6 Å². The van der Waals surface area contributed by atoms with E-state index in [4.69, 9.17) is 4.74 Å². The molecule has 7 nitrogen and oxygen atoms in total. The topological polar surface area (TPSA) is 103 Å². The Morgan fingerprint density at radius 2 is 1.82 bits per heavy atom. The molecule has 0 aliphatic carbocycles. The largest absolute Gasteiger partial charge is 0.857 e. The number of anilines is 1. The number of sulfonamides is 1. The fraction of sp³-hybridized carbons (Fsp3) is 0.0526. The molecule has 1 heterocycles. The van der Waals surface area contributed by atoms with Crippen LogP contribution < -0.4 is 14.6 Å². The number of nitrogens with one attached hydrogen (secondary N) is 1. The molecular formula is C19H16N3O4S2-. The van der Waals surface area contributed by atoms with Crippen LogP contribution in [0.4, 0.5) is 5.69 Å². The standard InChI is InChI=1S/C19H17N3O4S2/c1-26-17-10-4-14(5-11-17)13-20-21-19(23)15-6-8-16(9-7-15)22-28(24,25)18-3-2-12-27-18/h2-13,22H,1H3,(H,21,23)/p-1/b20-13-. The SMILES string of the molecule is COc1ccc(/C=N\N=C([O-])c2ccc(NS(=O)(=O)c3cccs3)cc2)cc1. The molecule has 9 heteroatoms. The summed E-state index contributed by atoms with van der Waals surface area (Å²) >= 11 is 1.12. The molecule has 3 rings (SSSR count). The van der Waals surface area contributed by atoms with Crippen LogP contribution >= 0.6 is 11.3 Å². The van der Waals surface area contributed by atoms with Crippen molar-refractivity contribution in [3.63, 3.8) is 0 Å². The Morgan fingerprint density at radius 3 is 2.43 bits per heavy atom. The molecule has 1 aromatic heterocycles. The van der Waals surface area contributed by atoms with E-state index in [1.165, 1.54) is 36.5 Å². The van der Waals surface area contributed by atoms with E-state index >= 15 is 0 Å². The summed E-state index contributed by atoms with van der Waals surface area (Å²) < 4.78 is 32.1. The van der Waals surface area contributed by atoms with Gasteiger partial charge in [-0.05, 0) is 59.0 Å². The van der Waals surface area contributed by atoms with Crippen LogP contribution in [-0.4, -0.2) is 27.6 Å². The molecule has 0 spiro atoms. The molecule has 0 unspecified atom stereocenters. The van der Waals surface area contributed by atoms with E-state index in [9.17, 15) is 13.5 Å². The van der Waals surface area contributed by atoms with Crippen molar-refractivity contribution in [3.05, 3.63) is 77.2 Å². The molecule has 0 amide bonds. The zero-order valence-corrected chi connectivity index (χ0v) is 16.4. The van der Waals surface area contributed by atoms with Gasteiger partial charge >= 0.3 is 0 Å². The minimum Gasteiger partial charge on any atom is -0.857 e. The lowest BCUT2D eigenvalue weighted by Crippen LogP contribution is -2.18. The van der Waals surface area contributed by atoms with Gasteiger partial charge in [0.25, 0.3) is 10.0 Å². The Bertz CT molecular complexity index is 1070. The highest BCUT2D eigenvalue weighted by atomic mass is 32.2. The van der Waals surface area contributed by atoms with Gasteiger partial charge in [0.05, 0.1) is 13.3 Å². The number of rotatable bonds is 7. The third-order valence-electron chi connectivity index (χ3n) is 3.62. The van der Waals surface area contributed by atoms with Crippen LogP contribution in [0.5, 0.6) is 5.75 Å². The number of nitrogens with zero attached hydrogens (tertiary/aromatic N) is 2. The first-order valence-corrected chi connectivity index (χ1v) is 10.4. The van der Waals surface area contributed by atoms with Crippen molar-refractivity contribution in [2.45, 2.75) is 4.21 Å². The Morgan fingerprint density at radius 1 is 1.11 bits per heavy atom. The van der Waals surface area contributed by atoms with Gasteiger partial charge < -0.3 is 9.84 Å². The monoisotopic (exact) mass is 414 g/mol. The predicted octanol–water partition coefficient (Wildman–Crippen LogP) is 2.70. The van der Waals surface area contributed by atoms with E-state index in [-0.39, 0.29) is 4.21 Å². The van der Waals surface area contributed by atoms with Gasteiger partial charge in [0, 0.05) is 11.6 Å². The zero-order chi connectivity index (χ0) is 20.0. The molecule has 0 saturated carbocycles. The molecule has 0 aliphatic rings.